The van der Waals surface area contributed by atoms with Crippen LogP contribution in [0, 0.1) is 11.3 Å². The summed E-state index contributed by atoms with van der Waals surface area (Å²) in [7, 11) is 0. The zero-order valence-electron chi connectivity index (χ0n) is 9.59. The lowest BCUT2D eigenvalue weighted by Gasteiger charge is -2.06. The highest BCUT2D eigenvalue weighted by atomic mass is 15.1. The van der Waals surface area contributed by atoms with Crippen LogP contribution < -0.4 is 16.8 Å². The predicted molar refractivity (Wildman–Crippen MR) is 69.3 cm³/mol. The molecule has 0 saturated carbocycles. The van der Waals surface area contributed by atoms with E-state index in [4.69, 9.17) is 16.7 Å². The van der Waals surface area contributed by atoms with Crippen LogP contribution in [0.2, 0.25) is 0 Å². The van der Waals surface area contributed by atoms with Crippen LogP contribution in [-0.4, -0.2) is 9.97 Å². The summed E-state index contributed by atoms with van der Waals surface area (Å²) in [6, 6.07) is 11.0. The summed E-state index contributed by atoms with van der Waals surface area (Å²) in [6.07, 6.45) is 0. The van der Waals surface area contributed by atoms with Gasteiger partial charge >= 0.3 is 0 Å². The van der Waals surface area contributed by atoms with E-state index in [0.717, 1.165) is 5.56 Å². The topological polar surface area (TPSA) is 114 Å². The average molecular weight is 240 g/mol. The molecule has 1 heterocycles. The fourth-order valence-electron chi connectivity index (χ4n) is 1.47. The second kappa shape index (κ2) is 5.01. The Kier molecular flexibility index (Phi) is 3.25. The van der Waals surface area contributed by atoms with E-state index in [0.29, 0.717) is 23.7 Å². The van der Waals surface area contributed by atoms with Crippen molar-refractivity contribution in [2.24, 2.45) is 0 Å². The highest BCUT2D eigenvalue weighted by Gasteiger charge is 2.00. The smallest absolute Gasteiger partial charge is 0.223 e. The van der Waals surface area contributed by atoms with Crippen LogP contribution >= 0.6 is 0 Å². The quantitative estimate of drug-likeness (QED) is 0.740. The molecule has 0 aliphatic heterocycles. The van der Waals surface area contributed by atoms with Crippen LogP contribution in [0.1, 0.15) is 11.1 Å². The van der Waals surface area contributed by atoms with Gasteiger partial charge in [-0.15, -0.1) is 0 Å². The van der Waals surface area contributed by atoms with Gasteiger partial charge in [-0.1, -0.05) is 12.1 Å². The number of nitrogens with two attached hydrogens (primary N) is 2. The van der Waals surface area contributed by atoms with Gasteiger partial charge < -0.3 is 16.8 Å². The summed E-state index contributed by atoms with van der Waals surface area (Å²) >= 11 is 0. The van der Waals surface area contributed by atoms with Crippen LogP contribution in [0.25, 0.3) is 0 Å². The van der Waals surface area contributed by atoms with Crippen molar-refractivity contribution in [3.63, 3.8) is 0 Å². The van der Waals surface area contributed by atoms with Gasteiger partial charge in [0, 0.05) is 12.6 Å². The molecule has 0 aliphatic rings. The first-order chi connectivity index (χ1) is 8.67. The summed E-state index contributed by atoms with van der Waals surface area (Å²) in [5.41, 5.74) is 12.7. The van der Waals surface area contributed by atoms with E-state index < -0.39 is 0 Å². The first kappa shape index (κ1) is 11.7. The minimum absolute atomic E-state index is 0.136. The first-order valence-electron chi connectivity index (χ1n) is 5.30. The molecule has 1 aromatic carbocycles. The third-order valence-electron chi connectivity index (χ3n) is 2.32. The van der Waals surface area contributed by atoms with Crippen LogP contribution in [0.4, 0.5) is 17.6 Å². The summed E-state index contributed by atoms with van der Waals surface area (Å²) in [4.78, 5) is 7.79. The molecule has 2 rings (SSSR count). The zero-order chi connectivity index (χ0) is 13.0. The van der Waals surface area contributed by atoms with Gasteiger partial charge in [-0.25, -0.2) is 0 Å². The molecule has 1 aromatic heterocycles. The van der Waals surface area contributed by atoms with Crippen LogP contribution in [0.15, 0.2) is 30.3 Å². The second-order valence-electron chi connectivity index (χ2n) is 3.70. The molecule has 90 valence electrons. The Balaban J connectivity index is 2.04. The number of nitriles is 1. The van der Waals surface area contributed by atoms with Crippen LogP contribution in [0.3, 0.4) is 0 Å². The van der Waals surface area contributed by atoms with Crippen molar-refractivity contribution >= 4 is 17.6 Å². The third kappa shape index (κ3) is 2.86. The van der Waals surface area contributed by atoms with Gasteiger partial charge in [-0.2, -0.15) is 15.2 Å². The minimum atomic E-state index is 0.136. The molecule has 0 spiro atoms. The molecule has 0 bridgehead atoms. The number of hydrogen-bond donors (Lipinski definition) is 3. The van der Waals surface area contributed by atoms with E-state index in [1.54, 1.807) is 18.2 Å². The normalized spacial score (nSPS) is 9.72. The predicted octanol–water partition coefficient (Wildman–Crippen LogP) is 1.12. The fourth-order valence-corrected chi connectivity index (χ4v) is 1.47. The number of benzene rings is 1. The number of anilines is 3. The molecule has 18 heavy (non-hydrogen) atoms. The maximum absolute atomic E-state index is 8.69. The summed E-state index contributed by atoms with van der Waals surface area (Å²) in [5, 5.41) is 11.8. The van der Waals surface area contributed by atoms with Gasteiger partial charge in [0.2, 0.25) is 5.95 Å². The van der Waals surface area contributed by atoms with Gasteiger partial charge in [0.25, 0.3) is 0 Å². The number of rotatable bonds is 3. The molecule has 0 amide bonds. The largest absolute Gasteiger partial charge is 0.383 e. The number of nitrogens with one attached hydrogen (secondary N) is 1. The molecule has 5 N–H and O–H groups in total. The molecular weight excluding hydrogens is 228 g/mol. The lowest BCUT2D eigenvalue weighted by molar-refractivity contribution is 1.09. The van der Waals surface area contributed by atoms with E-state index in [9.17, 15) is 0 Å². The van der Waals surface area contributed by atoms with E-state index in [1.165, 1.54) is 0 Å². The number of nitrogens with zero attached hydrogens (tertiary/aromatic N) is 3. The second-order valence-corrected chi connectivity index (χ2v) is 3.70. The van der Waals surface area contributed by atoms with Crippen LogP contribution in [-0.2, 0) is 6.54 Å². The van der Waals surface area contributed by atoms with Crippen molar-refractivity contribution in [3.05, 3.63) is 41.5 Å². The Hall–Kier alpha value is -2.81. The molecule has 0 aliphatic carbocycles. The molecule has 0 unspecified atom stereocenters. The molecular formula is C12H12N6. The minimum Gasteiger partial charge on any atom is -0.383 e. The van der Waals surface area contributed by atoms with Crippen molar-refractivity contribution in [3.8, 4) is 6.07 Å². The number of aromatic nitrogens is 2. The van der Waals surface area contributed by atoms with Gasteiger partial charge in [0.05, 0.1) is 11.6 Å². The number of hydrogen-bond acceptors (Lipinski definition) is 6. The van der Waals surface area contributed by atoms with Crippen molar-refractivity contribution in [2.45, 2.75) is 6.54 Å². The lowest BCUT2D eigenvalue weighted by Crippen LogP contribution is -2.06. The summed E-state index contributed by atoms with van der Waals surface area (Å²) in [5.74, 6) is 1.03. The Bertz CT molecular complexity index is 564. The van der Waals surface area contributed by atoms with Crippen LogP contribution in [0.5, 0.6) is 0 Å². The fraction of sp³-hybridized carbons (Fsp3) is 0.0833. The summed E-state index contributed by atoms with van der Waals surface area (Å²) in [6.45, 7) is 0.571. The Morgan fingerprint density at radius 2 is 1.89 bits per heavy atom. The molecule has 0 saturated heterocycles. The van der Waals surface area contributed by atoms with E-state index >= 15 is 0 Å². The lowest BCUT2D eigenvalue weighted by atomic mass is 10.1. The molecule has 6 nitrogen and oxygen atoms in total. The molecule has 6 heteroatoms. The number of nitrogen functional groups attached to an aromatic ring is 2. The van der Waals surface area contributed by atoms with E-state index in [1.807, 2.05) is 12.1 Å². The highest BCUT2D eigenvalue weighted by molar-refractivity contribution is 5.48. The SMILES string of the molecule is N#Cc1ccc(CNc2cc(N)nc(N)n2)cc1. The van der Waals surface area contributed by atoms with E-state index in [-0.39, 0.29) is 5.95 Å². The van der Waals surface area contributed by atoms with Gasteiger partial charge in [-0.3, -0.25) is 0 Å². The molecule has 2 aromatic rings. The molecule has 0 atom stereocenters. The Morgan fingerprint density at radius 1 is 1.17 bits per heavy atom. The Labute approximate surface area is 104 Å². The first-order valence-corrected chi connectivity index (χ1v) is 5.30. The average Bonchev–Trinajstić information content (AvgIpc) is 2.36. The van der Waals surface area contributed by atoms with Crippen molar-refractivity contribution in [1.82, 2.24) is 9.97 Å². The zero-order valence-corrected chi connectivity index (χ0v) is 9.59. The monoisotopic (exact) mass is 240 g/mol. The molecule has 0 fully saturated rings. The van der Waals surface area contributed by atoms with Gasteiger partial charge in [0.15, 0.2) is 0 Å². The van der Waals surface area contributed by atoms with Gasteiger partial charge in [-0.05, 0) is 17.7 Å². The van der Waals surface area contributed by atoms with Crippen molar-refractivity contribution in [1.29, 1.82) is 5.26 Å². The van der Waals surface area contributed by atoms with E-state index in [2.05, 4.69) is 21.4 Å². The maximum Gasteiger partial charge on any atom is 0.223 e. The molecule has 0 radical (unpaired) electrons. The Morgan fingerprint density at radius 3 is 2.50 bits per heavy atom. The maximum atomic E-state index is 8.69. The van der Waals surface area contributed by atoms with Gasteiger partial charge in [0.1, 0.15) is 11.6 Å². The third-order valence-corrected chi connectivity index (χ3v) is 2.32. The van der Waals surface area contributed by atoms with Crippen molar-refractivity contribution in [2.75, 3.05) is 16.8 Å². The van der Waals surface area contributed by atoms with Crippen molar-refractivity contribution < 1.29 is 0 Å². The standard InChI is InChI=1S/C12H12N6/c13-6-8-1-3-9(4-2-8)7-16-11-5-10(14)17-12(15)18-11/h1-5H,7H2,(H5,14,15,16,17,18). The highest BCUT2D eigenvalue weighted by Crippen LogP contribution is 2.11. The summed E-state index contributed by atoms with van der Waals surface area (Å²) < 4.78 is 0.